The highest BCUT2D eigenvalue weighted by Gasteiger charge is 2.34. The number of benzene rings is 1. The quantitative estimate of drug-likeness (QED) is 0.783. The van der Waals surface area contributed by atoms with E-state index in [1.807, 2.05) is 55.8 Å². The second-order valence-electron chi connectivity index (χ2n) is 7.22. The summed E-state index contributed by atoms with van der Waals surface area (Å²) in [6.07, 6.45) is 1.53. The maximum atomic E-state index is 12.0. The lowest BCUT2D eigenvalue weighted by atomic mass is 9.83. The van der Waals surface area contributed by atoms with E-state index in [1.165, 1.54) is 0 Å². The van der Waals surface area contributed by atoms with Gasteiger partial charge in [-0.2, -0.15) is 5.10 Å². The van der Waals surface area contributed by atoms with Crippen LogP contribution in [0, 0.1) is 6.92 Å². The first-order valence-electron chi connectivity index (χ1n) is 9.18. The number of aryl methyl sites for hydroxylation is 1. The molecule has 2 amide bonds. The van der Waals surface area contributed by atoms with Crippen LogP contribution in [0.4, 0.5) is 4.79 Å². The number of aromatic nitrogens is 3. The van der Waals surface area contributed by atoms with Crippen LogP contribution in [-0.4, -0.2) is 44.1 Å². The summed E-state index contributed by atoms with van der Waals surface area (Å²) >= 11 is 0. The molecule has 26 heavy (non-hydrogen) atoms. The average Bonchev–Trinajstić information content (AvgIpc) is 2.99. The first-order chi connectivity index (χ1) is 12.4. The normalized spacial score (nSPS) is 23.0. The van der Waals surface area contributed by atoms with E-state index >= 15 is 0 Å². The van der Waals surface area contributed by atoms with Crippen molar-refractivity contribution in [2.75, 3.05) is 0 Å². The highest BCUT2D eigenvalue weighted by Crippen LogP contribution is 2.33. The van der Waals surface area contributed by atoms with Crippen LogP contribution < -0.4 is 10.6 Å². The van der Waals surface area contributed by atoms with Gasteiger partial charge in [-0.15, -0.1) is 0 Å². The molecule has 1 aromatic heterocycles. The Kier molecular flexibility index (Phi) is 5.56. The summed E-state index contributed by atoms with van der Waals surface area (Å²) < 4.78 is 1.88. The van der Waals surface area contributed by atoms with Crippen molar-refractivity contribution < 1.29 is 9.90 Å². The first kappa shape index (κ1) is 18.4. The van der Waals surface area contributed by atoms with E-state index < -0.39 is 6.10 Å². The van der Waals surface area contributed by atoms with Gasteiger partial charge in [0, 0.05) is 12.0 Å². The molecule has 0 spiro atoms. The van der Waals surface area contributed by atoms with Gasteiger partial charge in [-0.05, 0) is 52.2 Å². The topological polar surface area (TPSA) is 92.1 Å². The predicted octanol–water partition coefficient (Wildman–Crippen LogP) is 2.28. The molecule has 3 rings (SSSR count). The summed E-state index contributed by atoms with van der Waals surface area (Å²) in [6, 6.07) is 9.43. The van der Waals surface area contributed by atoms with Crippen molar-refractivity contribution in [3.8, 4) is 5.69 Å². The van der Waals surface area contributed by atoms with Crippen molar-refractivity contribution in [2.24, 2.45) is 0 Å². The number of carbonyl (C=O) groups excluding carboxylic acids is 1. The summed E-state index contributed by atoms with van der Waals surface area (Å²) in [4.78, 5) is 16.7. The molecule has 0 radical (unpaired) electrons. The highest BCUT2D eigenvalue weighted by atomic mass is 16.3. The van der Waals surface area contributed by atoms with Gasteiger partial charge in [0.25, 0.3) is 0 Å². The van der Waals surface area contributed by atoms with Crippen LogP contribution in [0.25, 0.3) is 5.69 Å². The van der Waals surface area contributed by atoms with Gasteiger partial charge in [-0.25, -0.2) is 14.5 Å². The molecule has 0 aliphatic heterocycles. The van der Waals surface area contributed by atoms with E-state index in [-0.39, 0.29) is 24.0 Å². The van der Waals surface area contributed by atoms with E-state index in [9.17, 15) is 9.90 Å². The Bertz CT molecular complexity index is 744. The molecule has 3 N–H and O–H groups in total. The van der Waals surface area contributed by atoms with Gasteiger partial charge >= 0.3 is 6.03 Å². The van der Waals surface area contributed by atoms with Gasteiger partial charge < -0.3 is 15.7 Å². The number of nitrogens with zero attached hydrogens (tertiary/aromatic N) is 3. The Balaban J connectivity index is 1.79. The lowest BCUT2D eigenvalue weighted by molar-refractivity contribution is 0.0851. The lowest BCUT2D eigenvalue weighted by Crippen LogP contribution is -2.51. The molecule has 0 bridgehead atoms. The van der Waals surface area contributed by atoms with E-state index in [2.05, 4.69) is 20.7 Å². The highest BCUT2D eigenvalue weighted by molar-refractivity contribution is 5.74. The van der Waals surface area contributed by atoms with Crippen molar-refractivity contribution >= 4 is 6.03 Å². The fourth-order valence-electron chi connectivity index (χ4n) is 3.47. The zero-order chi connectivity index (χ0) is 18.7. The monoisotopic (exact) mass is 357 g/mol. The maximum absolute atomic E-state index is 12.0. The minimum absolute atomic E-state index is 0.0513. The second kappa shape index (κ2) is 7.86. The van der Waals surface area contributed by atoms with E-state index in [0.717, 1.165) is 23.8 Å². The fourth-order valence-corrected chi connectivity index (χ4v) is 3.47. The minimum Gasteiger partial charge on any atom is -0.391 e. The molecule has 1 heterocycles. The minimum atomic E-state index is -0.543. The van der Waals surface area contributed by atoms with E-state index in [4.69, 9.17) is 0 Å². The number of hydrogen-bond acceptors (Lipinski definition) is 4. The fraction of sp³-hybridized carbons (Fsp3) is 0.526. The number of amides is 2. The molecule has 1 aliphatic rings. The van der Waals surface area contributed by atoms with Crippen molar-refractivity contribution in [3.63, 3.8) is 0 Å². The molecule has 1 aliphatic carbocycles. The van der Waals surface area contributed by atoms with Crippen LogP contribution in [0.1, 0.15) is 50.7 Å². The number of nitrogens with one attached hydrogen (secondary N) is 2. The van der Waals surface area contributed by atoms with Gasteiger partial charge in [0.15, 0.2) is 0 Å². The van der Waals surface area contributed by atoms with Crippen LogP contribution in [0.5, 0.6) is 0 Å². The summed E-state index contributed by atoms with van der Waals surface area (Å²) in [5, 5.41) is 20.6. The Morgan fingerprint density at radius 3 is 2.69 bits per heavy atom. The summed E-state index contributed by atoms with van der Waals surface area (Å²) in [5.41, 5.74) is 0.969. The first-order valence-corrected chi connectivity index (χ1v) is 9.18. The van der Waals surface area contributed by atoms with Crippen LogP contribution >= 0.6 is 0 Å². The van der Waals surface area contributed by atoms with Gasteiger partial charge in [-0.3, -0.25) is 0 Å². The van der Waals surface area contributed by atoms with Crippen molar-refractivity contribution in [1.82, 2.24) is 25.4 Å². The summed E-state index contributed by atoms with van der Waals surface area (Å²) in [5.74, 6) is 1.73. The third-order valence-electron chi connectivity index (χ3n) is 4.65. The zero-order valence-corrected chi connectivity index (χ0v) is 15.5. The van der Waals surface area contributed by atoms with E-state index in [1.54, 1.807) is 0 Å². The number of aliphatic hydroxyl groups is 1. The molecule has 0 unspecified atom stereocenters. The molecule has 7 heteroatoms. The number of hydrogen-bond donors (Lipinski definition) is 3. The van der Waals surface area contributed by atoms with Gasteiger partial charge in [0.05, 0.1) is 17.8 Å². The Morgan fingerprint density at radius 1 is 1.27 bits per heavy atom. The van der Waals surface area contributed by atoms with Gasteiger partial charge in [0.2, 0.25) is 0 Å². The number of aliphatic hydroxyl groups excluding tert-OH is 1. The smallest absolute Gasteiger partial charge is 0.315 e. The SMILES string of the molecule is Cc1nc([C@H]2CC[C@@H](O)[C@H](NC(=O)NC(C)C)C2)n(-c2ccccc2)n1. The van der Waals surface area contributed by atoms with Crippen LogP contribution in [0.3, 0.4) is 0 Å². The number of urea groups is 1. The number of para-hydroxylation sites is 1. The molecule has 7 nitrogen and oxygen atoms in total. The molecule has 0 saturated heterocycles. The van der Waals surface area contributed by atoms with Crippen LogP contribution in [0.2, 0.25) is 0 Å². The Morgan fingerprint density at radius 2 is 2.00 bits per heavy atom. The molecule has 1 saturated carbocycles. The molecule has 140 valence electrons. The molecule has 2 aromatic rings. The molecular weight excluding hydrogens is 330 g/mol. The third-order valence-corrected chi connectivity index (χ3v) is 4.65. The van der Waals surface area contributed by atoms with Crippen LogP contribution in [-0.2, 0) is 0 Å². The molecule has 1 aromatic carbocycles. The summed E-state index contributed by atoms with van der Waals surface area (Å²) in [7, 11) is 0. The number of rotatable bonds is 4. The van der Waals surface area contributed by atoms with Gasteiger partial charge in [0.1, 0.15) is 11.6 Å². The van der Waals surface area contributed by atoms with E-state index in [0.29, 0.717) is 12.8 Å². The molecule has 1 fully saturated rings. The number of carbonyl (C=O) groups is 1. The molecule has 3 atom stereocenters. The standard InChI is InChI=1S/C19H27N5O2/c1-12(2)20-19(26)22-16-11-14(9-10-17(16)25)18-21-13(3)23-24(18)15-7-5-4-6-8-15/h4-8,12,14,16-17,25H,9-11H2,1-3H3,(H2,20,22,26)/t14-,16+,17+/m0/s1. The molecular formula is C19H27N5O2. The average molecular weight is 357 g/mol. The van der Waals surface area contributed by atoms with Crippen molar-refractivity contribution in [2.45, 2.75) is 64.1 Å². The Labute approximate surface area is 153 Å². The zero-order valence-electron chi connectivity index (χ0n) is 15.5. The van der Waals surface area contributed by atoms with Gasteiger partial charge in [-0.1, -0.05) is 18.2 Å². The Hall–Kier alpha value is -2.41. The maximum Gasteiger partial charge on any atom is 0.315 e. The predicted molar refractivity (Wildman–Crippen MR) is 99.3 cm³/mol. The lowest BCUT2D eigenvalue weighted by Gasteiger charge is -2.33. The van der Waals surface area contributed by atoms with Crippen molar-refractivity contribution in [3.05, 3.63) is 42.0 Å². The largest absolute Gasteiger partial charge is 0.391 e. The van der Waals surface area contributed by atoms with Crippen molar-refractivity contribution in [1.29, 1.82) is 0 Å². The summed E-state index contributed by atoms with van der Waals surface area (Å²) in [6.45, 7) is 5.70. The third kappa shape index (κ3) is 4.22. The van der Waals surface area contributed by atoms with Crippen LogP contribution in [0.15, 0.2) is 30.3 Å². The second-order valence-corrected chi connectivity index (χ2v) is 7.22.